The Hall–Kier alpha value is -1.66. The standard InChI is InChI=1S/C13H17ClN2O4/c1-4-15(13(2,3)12(17)18)8-9-5-6-10(14)7-11(9)16(19)20/h5-7H,4,8H2,1-3H3,(H,17,18). The fraction of sp³-hybridized carbons (Fsp3) is 0.462. The molecule has 0 saturated heterocycles. The lowest BCUT2D eigenvalue weighted by Crippen LogP contribution is -2.49. The molecule has 0 bridgehead atoms. The van der Waals surface area contributed by atoms with Crippen LogP contribution in [-0.2, 0) is 11.3 Å². The number of nitro benzene ring substituents is 1. The van der Waals surface area contributed by atoms with E-state index in [1.807, 2.05) is 6.92 Å². The molecular formula is C13H17ClN2O4. The molecule has 0 amide bonds. The zero-order chi connectivity index (χ0) is 15.5. The molecule has 0 fully saturated rings. The number of carboxylic acids is 1. The molecule has 0 spiro atoms. The second kappa shape index (κ2) is 6.19. The summed E-state index contributed by atoms with van der Waals surface area (Å²) in [5.41, 5.74) is -0.768. The first kappa shape index (κ1) is 16.4. The van der Waals surface area contributed by atoms with E-state index < -0.39 is 16.4 Å². The van der Waals surface area contributed by atoms with Crippen LogP contribution >= 0.6 is 11.6 Å². The summed E-state index contributed by atoms with van der Waals surface area (Å²) in [6.07, 6.45) is 0. The fourth-order valence-electron chi connectivity index (χ4n) is 1.89. The van der Waals surface area contributed by atoms with Crippen LogP contribution in [0.4, 0.5) is 5.69 Å². The predicted octanol–water partition coefficient (Wildman–Crippen LogP) is 2.93. The molecule has 0 aliphatic carbocycles. The topological polar surface area (TPSA) is 83.7 Å². The highest BCUT2D eigenvalue weighted by molar-refractivity contribution is 6.30. The maximum absolute atomic E-state index is 11.3. The third kappa shape index (κ3) is 3.46. The van der Waals surface area contributed by atoms with Crippen molar-refractivity contribution in [1.29, 1.82) is 0 Å². The highest BCUT2D eigenvalue weighted by Crippen LogP contribution is 2.27. The van der Waals surface area contributed by atoms with Crippen molar-refractivity contribution in [2.24, 2.45) is 0 Å². The van der Waals surface area contributed by atoms with Gasteiger partial charge in [0.05, 0.1) is 4.92 Å². The van der Waals surface area contributed by atoms with Crippen LogP contribution in [0.3, 0.4) is 0 Å². The summed E-state index contributed by atoms with van der Waals surface area (Å²) in [4.78, 5) is 23.5. The lowest BCUT2D eigenvalue weighted by Gasteiger charge is -2.34. The zero-order valence-electron chi connectivity index (χ0n) is 11.6. The Morgan fingerprint density at radius 1 is 1.50 bits per heavy atom. The molecule has 0 radical (unpaired) electrons. The Bertz CT molecular complexity index is 531. The molecule has 0 atom stereocenters. The van der Waals surface area contributed by atoms with Gasteiger partial charge >= 0.3 is 5.97 Å². The van der Waals surface area contributed by atoms with Gasteiger partial charge in [-0.05, 0) is 32.5 Å². The molecule has 0 aliphatic rings. The number of carbonyl (C=O) groups is 1. The summed E-state index contributed by atoms with van der Waals surface area (Å²) >= 11 is 5.76. The van der Waals surface area contributed by atoms with Gasteiger partial charge in [0.2, 0.25) is 0 Å². The summed E-state index contributed by atoms with van der Waals surface area (Å²) in [6.45, 7) is 5.58. The molecule has 6 nitrogen and oxygen atoms in total. The van der Waals surface area contributed by atoms with Crippen LogP contribution in [-0.4, -0.2) is 33.0 Å². The minimum atomic E-state index is -1.11. The summed E-state index contributed by atoms with van der Waals surface area (Å²) < 4.78 is 0. The molecule has 0 heterocycles. The monoisotopic (exact) mass is 300 g/mol. The second-order valence-electron chi connectivity index (χ2n) is 4.91. The molecule has 0 saturated carbocycles. The van der Waals surface area contributed by atoms with Crippen LogP contribution in [0.1, 0.15) is 26.3 Å². The SMILES string of the molecule is CCN(Cc1ccc(Cl)cc1[N+](=O)[O-])C(C)(C)C(=O)O. The second-order valence-corrected chi connectivity index (χ2v) is 5.34. The molecule has 0 unspecified atom stereocenters. The third-order valence-corrected chi connectivity index (χ3v) is 3.54. The minimum Gasteiger partial charge on any atom is -0.480 e. The molecular weight excluding hydrogens is 284 g/mol. The van der Waals surface area contributed by atoms with Gasteiger partial charge in [-0.3, -0.25) is 19.8 Å². The van der Waals surface area contributed by atoms with Gasteiger partial charge in [-0.15, -0.1) is 0 Å². The maximum Gasteiger partial charge on any atom is 0.323 e. The molecule has 1 rings (SSSR count). The fourth-order valence-corrected chi connectivity index (χ4v) is 2.05. The quantitative estimate of drug-likeness (QED) is 0.645. The summed E-state index contributed by atoms with van der Waals surface area (Å²) in [7, 11) is 0. The number of carboxylic acid groups (broad SMARTS) is 1. The first-order valence-electron chi connectivity index (χ1n) is 6.11. The Balaban J connectivity index is 3.14. The lowest BCUT2D eigenvalue weighted by atomic mass is 10.0. The van der Waals surface area contributed by atoms with E-state index in [1.54, 1.807) is 30.9 Å². The normalized spacial score (nSPS) is 11.7. The molecule has 0 aromatic heterocycles. The molecule has 110 valence electrons. The summed E-state index contributed by atoms with van der Waals surface area (Å²) in [6, 6.07) is 4.39. The average molecular weight is 301 g/mol. The van der Waals surface area contributed by atoms with Crippen LogP contribution in [0, 0.1) is 10.1 Å². The van der Waals surface area contributed by atoms with Crippen molar-refractivity contribution in [2.75, 3.05) is 6.54 Å². The first-order valence-corrected chi connectivity index (χ1v) is 6.49. The minimum absolute atomic E-state index is 0.0999. The van der Waals surface area contributed by atoms with Crippen molar-refractivity contribution in [3.63, 3.8) is 0 Å². The molecule has 0 aliphatic heterocycles. The van der Waals surface area contributed by atoms with Crippen molar-refractivity contribution >= 4 is 23.3 Å². The van der Waals surface area contributed by atoms with E-state index in [0.29, 0.717) is 12.1 Å². The van der Waals surface area contributed by atoms with Crippen LogP contribution in [0.25, 0.3) is 0 Å². The first-order chi connectivity index (χ1) is 9.20. The summed E-state index contributed by atoms with van der Waals surface area (Å²) in [5.74, 6) is -0.976. The van der Waals surface area contributed by atoms with E-state index in [2.05, 4.69) is 0 Å². The van der Waals surface area contributed by atoms with Gasteiger partial charge in [0.15, 0.2) is 0 Å². The molecule has 1 N–H and O–H groups in total. The van der Waals surface area contributed by atoms with Gasteiger partial charge in [0, 0.05) is 23.2 Å². The van der Waals surface area contributed by atoms with E-state index in [9.17, 15) is 20.0 Å². The van der Waals surface area contributed by atoms with E-state index >= 15 is 0 Å². The van der Waals surface area contributed by atoms with Crippen molar-refractivity contribution in [3.8, 4) is 0 Å². The number of hydrogen-bond donors (Lipinski definition) is 1. The molecule has 1 aromatic carbocycles. The number of nitro groups is 1. The summed E-state index contributed by atoms with van der Waals surface area (Å²) in [5, 5.41) is 20.6. The van der Waals surface area contributed by atoms with E-state index in [0.717, 1.165) is 0 Å². The zero-order valence-corrected chi connectivity index (χ0v) is 12.3. The van der Waals surface area contributed by atoms with Gasteiger partial charge < -0.3 is 5.11 Å². The van der Waals surface area contributed by atoms with Gasteiger partial charge in [0.1, 0.15) is 5.54 Å². The Labute approximate surface area is 122 Å². The number of rotatable bonds is 6. The number of halogens is 1. The van der Waals surface area contributed by atoms with Crippen molar-refractivity contribution in [2.45, 2.75) is 32.9 Å². The van der Waals surface area contributed by atoms with Gasteiger partial charge in [-0.25, -0.2) is 0 Å². The van der Waals surface area contributed by atoms with Gasteiger partial charge in [-0.2, -0.15) is 0 Å². The van der Waals surface area contributed by atoms with Crippen LogP contribution in [0.15, 0.2) is 18.2 Å². The van der Waals surface area contributed by atoms with Crippen LogP contribution in [0.2, 0.25) is 5.02 Å². The number of hydrogen-bond acceptors (Lipinski definition) is 4. The molecule has 1 aromatic rings. The highest BCUT2D eigenvalue weighted by Gasteiger charge is 2.34. The maximum atomic E-state index is 11.3. The van der Waals surface area contributed by atoms with E-state index in [-0.39, 0.29) is 17.3 Å². The number of nitrogens with zero attached hydrogens (tertiary/aromatic N) is 2. The Morgan fingerprint density at radius 2 is 2.10 bits per heavy atom. The Kier molecular flexibility index (Phi) is 5.08. The number of likely N-dealkylation sites (N-methyl/N-ethyl adjacent to an activating group) is 1. The number of benzene rings is 1. The lowest BCUT2D eigenvalue weighted by molar-refractivity contribution is -0.385. The number of aliphatic carboxylic acids is 1. The van der Waals surface area contributed by atoms with Crippen LogP contribution < -0.4 is 0 Å². The molecule has 20 heavy (non-hydrogen) atoms. The van der Waals surface area contributed by atoms with Crippen LogP contribution in [0.5, 0.6) is 0 Å². The molecule has 7 heteroatoms. The van der Waals surface area contributed by atoms with Gasteiger partial charge in [0.25, 0.3) is 5.69 Å². The van der Waals surface area contributed by atoms with E-state index in [1.165, 1.54) is 6.07 Å². The average Bonchev–Trinajstić information content (AvgIpc) is 2.36. The smallest absolute Gasteiger partial charge is 0.323 e. The van der Waals surface area contributed by atoms with Gasteiger partial charge in [-0.1, -0.05) is 18.5 Å². The van der Waals surface area contributed by atoms with Crippen molar-refractivity contribution in [1.82, 2.24) is 4.90 Å². The van der Waals surface area contributed by atoms with E-state index in [4.69, 9.17) is 11.6 Å². The predicted molar refractivity (Wildman–Crippen MR) is 75.9 cm³/mol. The van der Waals surface area contributed by atoms with Crippen molar-refractivity contribution < 1.29 is 14.8 Å². The highest BCUT2D eigenvalue weighted by atomic mass is 35.5. The Morgan fingerprint density at radius 3 is 2.55 bits per heavy atom. The third-order valence-electron chi connectivity index (χ3n) is 3.30. The largest absolute Gasteiger partial charge is 0.480 e. The van der Waals surface area contributed by atoms with Crippen molar-refractivity contribution in [3.05, 3.63) is 38.9 Å².